The lowest BCUT2D eigenvalue weighted by atomic mass is 10.1. The first-order valence-corrected chi connectivity index (χ1v) is 7.05. The second-order valence-corrected chi connectivity index (χ2v) is 5.60. The normalized spacial score (nSPS) is 11.1. The molecule has 2 heterocycles. The SMILES string of the molecule is CCOC(=O)c1cnc2ccc3nc(Cl)sc3c2c1O. The predicted molar refractivity (Wildman–Crippen MR) is 77.6 cm³/mol. The number of hydrogen-bond acceptors (Lipinski definition) is 6. The van der Waals surface area contributed by atoms with E-state index < -0.39 is 5.97 Å². The van der Waals surface area contributed by atoms with Gasteiger partial charge in [0, 0.05) is 6.20 Å². The van der Waals surface area contributed by atoms with Crippen molar-refractivity contribution in [1.82, 2.24) is 9.97 Å². The summed E-state index contributed by atoms with van der Waals surface area (Å²) in [5, 5.41) is 10.8. The fraction of sp³-hybridized carbons (Fsp3) is 0.154. The fourth-order valence-corrected chi connectivity index (χ4v) is 3.14. The van der Waals surface area contributed by atoms with Crippen molar-refractivity contribution >= 4 is 50.0 Å². The first-order chi connectivity index (χ1) is 9.61. The van der Waals surface area contributed by atoms with Crippen LogP contribution < -0.4 is 0 Å². The number of carbonyl (C=O) groups excluding carboxylic acids is 1. The average Bonchev–Trinajstić information content (AvgIpc) is 2.79. The number of aromatic nitrogens is 2. The molecule has 0 atom stereocenters. The number of thiazole rings is 1. The third kappa shape index (κ3) is 1.97. The molecule has 1 aromatic carbocycles. The first-order valence-electron chi connectivity index (χ1n) is 5.85. The summed E-state index contributed by atoms with van der Waals surface area (Å²) in [7, 11) is 0. The number of nitrogens with zero attached hydrogens (tertiary/aromatic N) is 2. The van der Waals surface area contributed by atoms with Gasteiger partial charge in [0.15, 0.2) is 4.47 Å². The third-order valence-corrected chi connectivity index (χ3v) is 4.02. The van der Waals surface area contributed by atoms with Gasteiger partial charge in [-0.25, -0.2) is 9.78 Å². The van der Waals surface area contributed by atoms with E-state index in [0.717, 1.165) is 0 Å². The summed E-state index contributed by atoms with van der Waals surface area (Å²) >= 11 is 7.13. The van der Waals surface area contributed by atoms with E-state index in [4.69, 9.17) is 16.3 Å². The highest BCUT2D eigenvalue weighted by atomic mass is 35.5. The van der Waals surface area contributed by atoms with Gasteiger partial charge < -0.3 is 9.84 Å². The second kappa shape index (κ2) is 4.88. The summed E-state index contributed by atoms with van der Waals surface area (Å²) in [5.41, 5.74) is 1.27. The quantitative estimate of drug-likeness (QED) is 0.735. The van der Waals surface area contributed by atoms with Crippen LogP contribution in [0.25, 0.3) is 21.1 Å². The van der Waals surface area contributed by atoms with Gasteiger partial charge in [0.1, 0.15) is 11.3 Å². The number of fused-ring (bicyclic) bond motifs is 3. The molecule has 3 rings (SSSR count). The van der Waals surface area contributed by atoms with Crippen LogP contribution in [0.2, 0.25) is 4.47 Å². The van der Waals surface area contributed by atoms with E-state index >= 15 is 0 Å². The largest absolute Gasteiger partial charge is 0.506 e. The minimum absolute atomic E-state index is 0.0383. The van der Waals surface area contributed by atoms with Crippen LogP contribution in [0.15, 0.2) is 18.3 Å². The Bertz CT molecular complexity index is 831. The number of hydrogen-bond donors (Lipinski definition) is 1. The summed E-state index contributed by atoms with van der Waals surface area (Å²) in [6.07, 6.45) is 1.31. The predicted octanol–water partition coefficient (Wildman–Crippen LogP) is 3.38. The number of benzene rings is 1. The minimum atomic E-state index is -0.605. The zero-order chi connectivity index (χ0) is 14.3. The van der Waals surface area contributed by atoms with Gasteiger partial charge in [0.05, 0.1) is 27.7 Å². The van der Waals surface area contributed by atoms with E-state index in [1.54, 1.807) is 19.1 Å². The number of aromatic hydroxyl groups is 1. The highest BCUT2D eigenvalue weighted by Crippen LogP contribution is 2.37. The Kier molecular flexibility index (Phi) is 3.19. The summed E-state index contributed by atoms with van der Waals surface area (Å²) in [6.45, 7) is 1.93. The first kappa shape index (κ1) is 13.1. The van der Waals surface area contributed by atoms with Gasteiger partial charge in [-0.1, -0.05) is 11.6 Å². The molecule has 0 saturated heterocycles. The van der Waals surface area contributed by atoms with Gasteiger partial charge in [0.2, 0.25) is 0 Å². The van der Waals surface area contributed by atoms with Gasteiger partial charge >= 0.3 is 5.97 Å². The molecule has 102 valence electrons. The van der Waals surface area contributed by atoms with Crippen LogP contribution in [0, 0.1) is 0 Å². The molecule has 0 spiro atoms. The van der Waals surface area contributed by atoms with E-state index in [-0.39, 0.29) is 17.9 Å². The number of pyridine rings is 1. The molecule has 3 aromatic rings. The van der Waals surface area contributed by atoms with Crippen molar-refractivity contribution in [1.29, 1.82) is 0 Å². The van der Waals surface area contributed by atoms with Crippen LogP contribution in [0.1, 0.15) is 17.3 Å². The lowest BCUT2D eigenvalue weighted by molar-refractivity contribution is 0.0523. The van der Waals surface area contributed by atoms with Gasteiger partial charge in [-0.15, -0.1) is 11.3 Å². The summed E-state index contributed by atoms with van der Waals surface area (Å²) in [4.78, 5) is 20.1. The average molecular weight is 309 g/mol. The molecular weight excluding hydrogens is 300 g/mol. The monoisotopic (exact) mass is 308 g/mol. The Hall–Kier alpha value is -1.92. The third-order valence-electron chi connectivity index (χ3n) is 2.83. The highest BCUT2D eigenvalue weighted by Gasteiger charge is 2.19. The molecule has 0 aliphatic rings. The standard InChI is InChI=1S/C13H9ClN2O3S/c1-2-19-12(18)6-5-15-7-3-4-8-11(9(7)10(6)17)20-13(14)16-8/h3-5H,2H2,1H3,(H,15,17). The number of rotatable bonds is 2. The number of ether oxygens (including phenoxy) is 1. The van der Waals surface area contributed by atoms with Crippen molar-refractivity contribution in [2.24, 2.45) is 0 Å². The van der Waals surface area contributed by atoms with E-state index in [1.807, 2.05) is 0 Å². The molecule has 7 heteroatoms. The van der Waals surface area contributed by atoms with Gasteiger partial charge in [-0.2, -0.15) is 0 Å². The Morgan fingerprint density at radius 3 is 2.95 bits per heavy atom. The molecule has 1 N–H and O–H groups in total. The van der Waals surface area contributed by atoms with E-state index in [9.17, 15) is 9.90 Å². The van der Waals surface area contributed by atoms with Gasteiger partial charge in [-0.3, -0.25) is 4.98 Å². The van der Waals surface area contributed by atoms with Crippen molar-refractivity contribution in [3.05, 3.63) is 28.4 Å². The lowest BCUT2D eigenvalue weighted by Crippen LogP contribution is -2.05. The zero-order valence-electron chi connectivity index (χ0n) is 10.4. The van der Waals surface area contributed by atoms with Crippen LogP contribution >= 0.6 is 22.9 Å². The van der Waals surface area contributed by atoms with Crippen LogP contribution in [0.4, 0.5) is 0 Å². The van der Waals surface area contributed by atoms with Crippen molar-refractivity contribution in [2.45, 2.75) is 6.92 Å². The molecule has 2 aromatic heterocycles. The smallest absolute Gasteiger partial charge is 0.343 e. The Morgan fingerprint density at radius 1 is 1.45 bits per heavy atom. The van der Waals surface area contributed by atoms with E-state index in [0.29, 0.717) is 25.6 Å². The summed E-state index contributed by atoms with van der Waals surface area (Å²) in [6, 6.07) is 3.50. The van der Waals surface area contributed by atoms with Gasteiger partial charge in [0.25, 0.3) is 0 Å². The van der Waals surface area contributed by atoms with Crippen molar-refractivity contribution in [3.8, 4) is 5.75 Å². The molecule has 0 aliphatic carbocycles. The molecule has 0 bridgehead atoms. The van der Waals surface area contributed by atoms with Crippen molar-refractivity contribution in [2.75, 3.05) is 6.61 Å². The Labute approximate surface area is 122 Å². The maximum absolute atomic E-state index is 11.8. The molecule has 20 heavy (non-hydrogen) atoms. The maximum Gasteiger partial charge on any atom is 0.343 e. The number of carbonyl (C=O) groups is 1. The highest BCUT2D eigenvalue weighted by molar-refractivity contribution is 7.23. The fourth-order valence-electron chi connectivity index (χ4n) is 1.98. The van der Waals surface area contributed by atoms with Crippen LogP contribution in [0.3, 0.4) is 0 Å². The van der Waals surface area contributed by atoms with Crippen LogP contribution in [-0.4, -0.2) is 27.7 Å². The summed E-state index contributed by atoms with van der Waals surface area (Å²) in [5.74, 6) is -0.758. The topological polar surface area (TPSA) is 72.3 Å². The van der Waals surface area contributed by atoms with Crippen LogP contribution in [0.5, 0.6) is 5.75 Å². The molecular formula is C13H9ClN2O3S. The molecule has 0 fully saturated rings. The van der Waals surface area contributed by atoms with E-state index in [2.05, 4.69) is 9.97 Å². The minimum Gasteiger partial charge on any atom is -0.506 e. The molecule has 0 amide bonds. The molecule has 5 nitrogen and oxygen atoms in total. The van der Waals surface area contributed by atoms with Crippen molar-refractivity contribution in [3.63, 3.8) is 0 Å². The zero-order valence-corrected chi connectivity index (χ0v) is 12.0. The molecule has 0 unspecified atom stereocenters. The van der Waals surface area contributed by atoms with Crippen LogP contribution in [-0.2, 0) is 4.74 Å². The Morgan fingerprint density at radius 2 is 2.20 bits per heavy atom. The molecule has 0 radical (unpaired) electrons. The van der Waals surface area contributed by atoms with E-state index in [1.165, 1.54) is 17.5 Å². The Balaban J connectivity index is 2.34. The second-order valence-electron chi connectivity index (χ2n) is 4.02. The summed E-state index contributed by atoms with van der Waals surface area (Å²) < 4.78 is 5.96. The molecule has 0 aliphatic heterocycles. The van der Waals surface area contributed by atoms with Gasteiger partial charge in [-0.05, 0) is 19.1 Å². The number of esters is 1. The number of halogens is 1. The maximum atomic E-state index is 11.8. The van der Waals surface area contributed by atoms with Crippen molar-refractivity contribution < 1.29 is 14.6 Å². The molecule has 0 saturated carbocycles. The lowest BCUT2D eigenvalue weighted by Gasteiger charge is -2.07.